The summed E-state index contributed by atoms with van der Waals surface area (Å²) in [5, 5.41) is 26.7. The van der Waals surface area contributed by atoms with Gasteiger partial charge >= 0.3 is 0 Å². The first-order valence-electron chi connectivity index (χ1n) is 32.5. The van der Waals surface area contributed by atoms with Crippen molar-refractivity contribution in [2.45, 2.75) is 295 Å². The molecule has 23 heteroatoms. The normalized spacial score (nSPS) is 24.0. The van der Waals surface area contributed by atoms with Crippen molar-refractivity contribution in [2.75, 3.05) is 102 Å². The van der Waals surface area contributed by atoms with Crippen molar-refractivity contribution in [3.8, 4) is 0 Å². The average Bonchev–Trinajstić information content (AvgIpc) is 0.935. The van der Waals surface area contributed by atoms with Crippen molar-refractivity contribution in [1.29, 1.82) is 0 Å². The molecule has 0 aliphatic carbocycles. The average molecular weight is 1210 g/mol. The Labute approximate surface area is 525 Å². The Bertz CT molecular complexity index is 2660. The van der Waals surface area contributed by atoms with Gasteiger partial charge in [0.15, 0.2) is 0 Å². The van der Waals surface area contributed by atoms with Crippen molar-refractivity contribution in [3.05, 3.63) is 5.82 Å². The Balaban J connectivity index is 1.28. The number of aromatic nitrogens is 9. The molecule has 0 spiro atoms. The number of nitrogens with one attached hydrogen (secondary N) is 7. The number of hydrogen-bond donors (Lipinski definition) is 7. The lowest BCUT2D eigenvalue weighted by molar-refractivity contribution is 0.159. The molecular formula is C64H119N23. The van der Waals surface area contributed by atoms with Gasteiger partial charge in [-0.15, -0.1) is 0 Å². The smallest absolute Gasteiger partial charge is 0.234 e. The van der Waals surface area contributed by atoms with Crippen LogP contribution >= 0.6 is 0 Å². The first kappa shape index (κ1) is 68.1. The van der Waals surface area contributed by atoms with Gasteiger partial charge in [0.2, 0.25) is 47.6 Å². The Hall–Kier alpha value is -4.81. The summed E-state index contributed by atoms with van der Waals surface area (Å²) in [4.78, 5) is 63.9. The summed E-state index contributed by atoms with van der Waals surface area (Å²) < 4.78 is 0. The number of anilines is 8. The van der Waals surface area contributed by atoms with Crippen molar-refractivity contribution >= 4 is 47.6 Å². The maximum Gasteiger partial charge on any atom is 0.234 e. The highest BCUT2D eigenvalue weighted by Crippen LogP contribution is 2.39. The van der Waals surface area contributed by atoms with Gasteiger partial charge in [-0.1, -0.05) is 0 Å². The second kappa shape index (κ2) is 24.1. The van der Waals surface area contributed by atoms with E-state index in [1.807, 2.05) is 14.0 Å². The maximum absolute atomic E-state index is 5.56. The van der Waals surface area contributed by atoms with E-state index in [-0.39, 0.29) is 98.9 Å². The van der Waals surface area contributed by atoms with Crippen molar-refractivity contribution in [3.63, 3.8) is 0 Å². The summed E-state index contributed by atoms with van der Waals surface area (Å²) in [6.07, 6.45) is 9.19. The minimum Gasteiger partial charge on any atom is -0.341 e. The van der Waals surface area contributed by atoms with Gasteiger partial charge in [0.25, 0.3) is 0 Å². The van der Waals surface area contributed by atoms with Crippen LogP contribution < -0.4 is 71.5 Å². The first-order chi connectivity index (χ1) is 39.7. The van der Waals surface area contributed by atoms with Crippen LogP contribution in [-0.2, 0) is 0 Å². The van der Waals surface area contributed by atoms with Crippen LogP contribution in [0.5, 0.6) is 0 Å². The number of nitrogens with zero attached hydrogens (tertiary/aromatic N) is 16. The Morgan fingerprint density at radius 3 is 0.782 bits per heavy atom. The molecule has 23 nitrogen and oxygen atoms in total. The molecule has 3 aromatic heterocycles. The van der Waals surface area contributed by atoms with Crippen LogP contribution in [0.25, 0.3) is 0 Å². The lowest BCUT2D eigenvalue weighted by Gasteiger charge is -2.49. The minimum absolute atomic E-state index is 0.0677. The highest BCUT2D eigenvalue weighted by Gasteiger charge is 2.46. The fourth-order valence-corrected chi connectivity index (χ4v) is 16.8. The highest BCUT2D eigenvalue weighted by atomic mass is 15.5. The number of piperidine rings is 5. The molecular weight excluding hydrogens is 1090 g/mol. The molecule has 8 rings (SSSR count). The summed E-state index contributed by atoms with van der Waals surface area (Å²) in [5.41, 5.74) is -1.02. The van der Waals surface area contributed by atoms with Gasteiger partial charge in [-0.05, 0) is 217 Å². The van der Waals surface area contributed by atoms with Crippen LogP contribution in [0.4, 0.5) is 47.6 Å². The zero-order valence-corrected chi connectivity index (χ0v) is 59.2. The molecule has 490 valence electrons. The van der Waals surface area contributed by atoms with Crippen molar-refractivity contribution in [2.24, 2.45) is 0 Å². The summed E-state index contributed by atoms with van der Waals surface area (Å²) in [6.45, 7) is 48.7. The number of rotatable bonds is 19. The van der Waals surface area contributed by atoms with Gasteiger partial charge < -0.3 is 71.5 Å². The molecule has 0 atom stereocenters. The monoisotopic (exact) mass is 1210 g/mol. The summed E-state index contributed by atoms with van der Waals surface area (Å²) >= 11 is 0. The Morgan fingerprint density at radius 2 is 0.540 bits per heavy atom. The second-order valence-electron chi connectivity index (χ2n) is 33.9. The quantitative estimate of drug-likeness (QED) is 0.0569. The molecule has 5 fully saturated rings. The second-order valence-corrected chi connectivity index (χ2v) is 33.9. The lowest BCUT2D eigenvalue weighted by Crippen LogP contribution is -2.62. The SMILES string of the molecule is CNCN(CN(CNc1nc(C)nc(N(C)C2CC(C)(C)NC(C)(C)C2)n1)c1nc(N(C)C2CC(C)(C)NC(C)(C)C2)nc(N(C)C2CC(C)(C)NC(C)(C)C2)n1)c1nc(N(C)C2CC(C)(C)NC(C)(C)C2)nc(N(C)C2CC(C)(C)NC(C)(C)C2)n1. The molecule has 87 heavy (non-hydrogen) atoms. The summed E-state index contributed by atoms with van der Waals surface area (Å²) in [7, 11) is 12.7. The summed E-state index contributed by atoms with van der Waals surface area (Å²) in [6, 6.07) is 0.787. The fraction of sp³-hybridized carbons (Fsp3) is 0.859. The maximum atomic E-state index is 5.56. The predicted octanol–water partition coefficient (Wildman–Crippen LogP) is 7.79. The van der Waals surface area contributed by atoms with E-state index < -0.39 is 0 Å². The lowest BCUT2D eigenvalue weighted by atomic mass is 9.79. The van der Waals surface area contributed by atoms with Gasteiger partial charge in [-0.2, -0.15) is 44.9 Å². The zero-order valence-electron chi connectivity index (χ0n) is 59.2. The Morgan fingerprint density at radius 1 is 0.322 bits per heavy atom. The van der Waals surface area contributed by atoms with E-state index in [1.165, 1.54) is 0 Å². The molecule has 8 heterocycles. The molecule has 7 N–H and O–H groups in total. The molecule has 5 aliphatic rings. The van der Waals surface area contributed by atoms with Gasteiger partial charge in [0.1, 0.15) is 5.82 Å². The zero-order chi connectivity index (χ0) is 64.6. The van der Waals surface area contributed by atoms with E-state index in [0.29, 0.717) is 60.1 Å². The molecule has 0 amide bonds. The molecule has 0 bridgehead atoms. The van der Waals surface area contributed by atoms with Crippen LogP contribution in [-0.4, -0.2) is 193 Å². The largest absolute Gasteiger partial charge is 0.341 e. The van der Waals surface area contributed by atoms with Gasteiger partial charge in [0.05, 0.1) is 20.0 Å². The highest BCUT2D eigenvalue weighted by molar-refractivity contribution is 5.52. The third kappa shape index (κ3) is 17.4. The van der Waals surface area contributed by atoms with E-state index in [1.54, 1.807) is 0 Å². The van der Waals surface area contributed by atoms with Crippen LogP contribution in [0.1, 0.15) is 209 Å². The summed E-state index contributed by atoms with van der Waals surface area (Å²) in [5.74, 6) is 5.21. The van der Waals surface area contributed by atoms with Gasteiger partial charge in [-0.25, -0.2) is 0 Å². The van der Waals surface area contributed by atoms with E-state index in [2.05, 4.69) is 245 Å². The molecule has 0 unspecified atom stereocenters. The van der Waals surface area contributed by atoms with Crippen molar-refractivity contribution in [1.82, 2.24) is 76.8 Å². The minimum atomic E-state index is -0.118. The number of hydrogen-bond acceptors (Lipinski definition) is 23. The standard InChI is InChI=1S/C64H119N23/c1-41-67-47(69-48(68-41)81(23)42-28-55(2,3)76-56(4,5)29-42)66-39-87(54-74-51(84(26)45-34-61(14,15)79-62(16,17)35-45)71-52(75-54)85(27)46-36-63(18,19)80-64(20,21)37-46)40-86(38-65-22)53-72-49(82(24)43-30-57(6,7)77-58(8,9)31-43)70-50(73-53)83(25)44-32-59(10,11)78-60(12,13)33-44/h42-46,65,76-80H,28-40H2,1-27H3,(H,66,67,68,69). The molecule has 5 saturated heterocycles. The topological polar surface area (TPSA) is 223 Å². The fourth-order valence-electron chi connectivity index (χ4n) is 16.8. The molecule has 0 radical (unpaired) electrons. The van der Waals surface area contributed by atoms with E-state index >= 15 is 0 Å². The van der Waals surface area contributed by atoms with Gasteiger partial charge in [-0.3, -0.25) is 0 Å². The number of aryl methyl sites for hydroxylation is 1. The van der Waals surface area contributed by atoms with Crippen LogP contribution in [0.15, 0.2) is 0 Å². The van der Waals surface area contributed by atoms with E-state index in [0.717, 1.165) is 64.2 Å². The molecule has 5 aliphatic heterocycles. The van der Waals surface area contributed by atoms with Crippen LogP contribution in [0.2, 0.25) is 0 Å². The third-order valence-electron chi connectivity index (χ3n) is 18.8. The predicted molar refractivity (Wildman–Crippen MR) is 360 cm³/mol. The first-order valence-corrected chi connectivity index (χ1v) is 32.5. The van der Waals surface area contributed by atoms with E-state index in [9.17, 15) is 0 Å². The van der Waals surface area contributed by atoms with Crippen LogP contribution in [0, 0.1) is 6.92 Å². The van der Waals surface area contributed by atoms with Crippen molar-refractivity contribution < 1.29 is 0 Å². The molecule has 0 saturated carbocycles. The van der Waals surface area contributed by atoms with E-state index in [4.69, 9.17) is 44.9 Å². The molecule has 3 aromatic rings. The molecule has 0 aromatic carbocycles. The third-order valence-corrected chi connectivity index (χ3v) is 18.8. The van der Waals surface area contributed by atoms with Gasteiger partial charge in [0, 0.05) is 121 Å². The Kier molecular flexibility index (Phi) is 18.9. The van der Waals surface area contributed by atoms with Crippen LogP contribution in [0.3, 0.4) is 0 Å².